The number of nitrogens with zero attached hydrogens (tertiary/aromatic N) is 2. The van der Waals surface area contributed by atoms with Crippen LogP contribution < -0.4 is 5.32 Å². The summed E-state index contributed by atoms with van der Waals surface area (Å²) in [5.74, 6) is 0. The molecule has 0 bridgehead atoms. The SMILES string of the molecule is C[NH2+]CCn1ccnc1. The molecule has 9 heavy (non-hydrogen) atoms. The van der Waals surface area contributed by atoms with Crippen molar-refractivity contribution in [2.45, 2.75) is 6.54 Å². The third-order valence-corrected chi connectivity index (χ3v) is 1.24. The van der Waals surface area contributed by atoms with Crippen molar-refractivity contribution in [3.05, 3.63) is 18.7 Å². The summed E-state index contributed by atoms with van der Waals surface area (Å²) in [6.45, 7) is 2.17. The molecule has 50 valence electrons. The molecule has 0 saturated carbocycles. The summed E-state index contributed by atoms with van der Waals surface area (Å²) in [5, 5.41) is 2.15. The molecule has 3 nitrogen and oxygen atoms in total. The van der Waals surface area contributed by atoms with E-state index in [1.165, 1.54) is 0 Å². The van der Waals surface area contributed by atoms with Crippen molar-refractivity contribution in [3.63, 3.8) is 0 Å². The molecule has 3 heteroatoms. The van der Waals surface area contributed by atoms with Crippen molar-refractivity contribution in [1.29, 1.82) is 0 Å². The number of nitrogens with two attached hydrogens (primary N) is 1. The Morgan fingerprint density at radius 1 is 1.67 bits per heavy atom. The second-order valence-corrected chi connectivity index (χ2v) is 2.00. The topological polar surface area (TPSA) is 34.4 Å². The van der Waals surface area contributed by atoms with Gasteiger partial charge in [-0.25, -0.2) is 4.98 Å². The first-order valence-corrected chi connectivity index (χ1v) is 3.17. The number of hydrogen-bond acceptors (Lipinski definition) is 1. The fourth-order valence-corrected chi connectivity index (χ4v) is 0.697. The van der Waals surface area contributed by atoms with Gasteiger partial charge >= 0.3 is 0 Å². The van der Waals surface area contributed by atoms with E-state index in [0.717, 1.165) is 13.1 Å². The van der Waals surface area contributed by atoms with Crippen LogP contribution in [-0.2, 0) is 6.54 Å². The van der Waals surface area contributed by atoms with Crippen molar-refractivity contribution in [3.8, 4) is 0 Å². The molecule has 0 amide bonds. The van der Waals surface area contributed by atoms with Gasteiger partial charge in [-0.15, -0.1) is 0 Å². The Labute approximate surface area is 54.7 Å². The van der Waals surface area contributed by atoms with E-state index in [1.54, 1.807) is 6.20 Å². The molecule has 0 unspecified atom stereocenters. The molecule has 0 aliphatic heterocycles. The standard InChI is InChI=1S/C6H11N3/c1-7-2-4-9-5-3-8-6-9/h3,5-7H,2,4H2,1H3/p+1. The maximum absolute atomic E-state index is 3.92. The molecule has 1 aromatic heterocycles. The molecule has 0 aromatic carbocycles. The molecule has 1 aromatic rings. The second-order valence-electron chi connectivity index (χ2n) is 2.00. The fourth-order valence-electron chi connectivity index (χ4n) is 0.697. The zero-order valence-corrected chi connectivity index (χ0v) is 5.62. The molecular formula is C6H12N3+. The highest BCUT2D eigenvalue weighted by atomic mass is 15.0. The number of imidazole rings is 1. The number of rotatable bonds is 3. The molecule has 0 aliphatic carbocycles. The van der Waals surface area contributed by atoms with Gasteiger partial charge in [-0.1, -0.05) is 0 Å². The fraction of sp³-hybridized carbons (Fsp3) is 0.500. The van der Waals surface area contributed by atoms with E-state index in [4.69, 9.17) is 0 Å². The van der Waals surface area contributed by atoms with Crippen LogP contribution in [0.15, 0.2) is 18.7 Å². The van der Waals surface area contributed by atoms with Gasteiger partial charge in [0, 0.05) is 12.4 Å². The summed E-state index contributed by atoms with van der Waals surface area (Å²) in [6.07, 6.45) is 5.61. The first kappa shape index (κ1) is 6.29. The lowest BCUT2D eigenvalue weighted by Gasteiger charge is -1.95. The van der Waals surface area contributed by atoms with Crippen LogP contribution in [-0.4, -0.2) is 23.1 Å². The van der Waals surface area contributed by atoms with Crippen molar-refractivity contribution in [2.24, 2.45) is 0 Å². The zero-order valence-electron chi connectivity index (χ0n) is 5.62. The summed E-state index contributed by atoms with van der Waals surface area (Å²) in [6, 6.07) is 0. The Hall–Kier alpha value is -0.830. The highest BCUT2D eigenvalue weighted by Gasteiger charge is 1.86. The zero-order chi connectivity index (χ0) is 6.53. The maximum Gasteiger partial charge on any atom is 0.0947 e. The largest absolute Gasteiger partial charge is 0.347 e. The van der Waals surface area contributed by atoms with E-state index in [-0.39, 0.29) is 0 Å². The normalized spacial score (nSPS) is 9.89. The van der Waals surface area contributed by atoms with Crippen LogP contribution in [0.25, 0.3) is 0 Å². The molecule has 0 saturated heterocycles. The average Bonchev–Trinajstić information content (AvgIpc) is 2.34. The van der Waals surface area contributed by atoms with E-state index >= 15 is 0 Å². The van der Waals surface area contributed by atoms with Gasteiger partial charge in [0.2, 0.25) is 0 Å². The minimum atomic E-state index is 1.05. The van der Waals surface area contributed by atoms with Crippen LogP contribution in [0.4, 0.5) is 0 Å². The highest BCUT2D eigenvalue weighted by Crippen LogP contribution is 1.80. The first-order chi connectivity index (χ1) is 4.43. The highest BCUT2D eigenvalue weighted by molar-refractivity contribution is 4.73. The first-order valence-electron chi connectivity index (χ1n) is 3.17. The summed E-state index contributed by atoms with van der Waals surface area (Å²) in [5.41, 5.74) is 0. The predicted molar refractivity (Wildman–Crippen MR) is 34.9 cm³/mol. The van der Waals surface area contributed by atoms with Crippen molar-refractivity contribution >= 4 is 0 Å². The van der Waals surface area contributed by atoms with E-state index in [0.29, 0.717) is 0 Å². The quantitative estimate of drug-likeness (QED) is 0.558. The van der Waals surface area contributed by atoms with Crippen LogP contribution in [0.1, 0.15) is 0 Å². The van der Waals surface area contributed by atoms with E-state index in [1.807, 2.05) is 12.5 Å². The Morgan fingerprint density at radius 2 is 2.56 bits per heavy atom. The van der Waals surface area contributed by atoms with Gasteiger partial charge in [-0.05, 0) is 0 Å². The van der Waals surface area contributed by atoms with Gasteiger partial charge in [0.05, 0.1) is 26.5 Å². The van der Waals surface area contributed by atoms with Gasteiger partial charge < -0.3 is 9.88 Å². The number of hydrogen-bond donors (Lipinski definition) is 1. The molecular weight excluding hydrogens is 114 g/mol. The van der Waals surface area contributed by atoms with Gasteiger partial charge in [0.25, 0.3) is 0 Å². The molecule has 1 rings (SSSR count). The molecule has 2 N–H and O–H groups in total. The summed E-state index contributed by atoms with van der Waals surface area (Å²) < 4.78 is 2.07. The third kappa shape index (κ3) is 1.85. The summed E-state index contributed by atoms with van der Waals surface area (Å²) in [7, 11) is 2.07. The Morgan fingerprint density at radius 3 is 3.11 bits per heavy atom. The molecule has 1 heterocycles. The lowest BCUT2D eigenvalue weighted by Crippen LogP contribution is -2.80. The Balaban J connectivity index is 2.30. The number of likely N-dealkylation sites (N-methyl/N-ethyl adjacent to an activating group) is 1. The molecule has 0 atom stereocenters. The van der Waals surface area contributed by atoms with Gasteiger partial charge in [0.15, 0.2) is 0 Å². The Kier molecular flexibility index (Phi) is 2.27. The third-order valence-electron chi connectivity index (χ3n) is 1.24. The van der Waals surface area contributed by atoms with Crippen LogP contribution in [0.5, 0.6) is 0 Å². The average molecular weight is 126 g/mol. The van der Waals surface area contributed by atoms with Crippen molar-refractivity contribution in [1.82, 2.24) is 9.55 Å². The van der Waals surface area contributed by atoms with Crippen LogP contribution >= 0.6 is 0 Å². The van der Waals surface area contributed by atoms with E-state index < -0.39 is 0 Å². The minimum absolute atomic E-state index is 1.05. The molecule has 0 radical (unpaired) electrons. The lowest BCUT2D eigenvalue weighted by molar-refractivity contribution is -0.627. The monoisotopic (exact) mass is 126 g/mol. The minimum Gasteiger partial charge on any atom is -0.347 e. The van der Waals surface area contributed by atoms with Crippen molar-refractivity contribution in [2.75, 3.05) is 13.6 Å². The molecule has 0 fully saturated rings. The predicted octanol–water partition coefficient (Wildman–Crippen LogP) is -0.924. The lowest BCUT2D eigenvalue weighted by atomic mass is 10.6. The summed E-state index contributed by atoms with van der Waals surface area (Å²) in [4.78, 5) is 3.92. The van der Waals surface area contributed by atoms with E-state index in [9.17, 15) is 0 Å². The summed E-state index contributed by atoms with van der Waals surface area (Å²) >= 11 is 0. The molecule has 0 spiro atoms. The van der Waals surface area contributed by atoms with E-state index in [2.05, 4.69) is 21.9 Å². The Bertz CT molecular complexity index is 145. The smallest absolute Gasteiger partial charge is 0.0947 e. The maximum atomic E-state index is 3.92. The van der Waals surface area contributed by atoms with Gasteiger partial charge in [-0.3, -0.25) is 0 Å². The second kappa shape index (κ2) is 3.25. The van der Waals surface area contributed by atoms with Crippen molar-refractivity contribution < 1.29 is 5.32 Å². The van der Waals surface area contributed by atoms with Gasteiger partial charge in [-0.2, -0.15) is 0 Å². The van der Waals surface area contributed by atoms with Crippen LogP contribution in [0.3, 0.4) is 0 Å². The van der Waals surface area contributed by atoms with Gasteiger partial charge in [0.1, 0.15) is 0 Å². The number of aromatic nitrogens is 2. The van der Waals surface area contributed by atoms with Crippen LogP contribution in [0, 0.1) is 0 Å². The van der Waals surface area contributed by atoms with Crippen LogP contribution in [0.2, 0.25) is 0 Å². The number of quaternary nitrogens is 1. The molecule has 0 aliphatic rings.